The van der Waals surface area contributed by atoms with Crippen LogP contribution in [0, 0.1) is 11.9 Å². The topological polar surface area (TPSA) is 99.2 Å². The highest BCUT2D eigenvalue weighted by atomic mass is 19.3. The molecule has 4 heterocycles. The summed E-state index contributed by atoms with van der Waals surface area (Å²) in [4.78, 5) is 32.8. The summed E-state index contributed by atoms with van der Waals surface area (Å²) in [7, 11) is 0. The molecule has 3 aromatic heterocycles. The number of aromatic amines is 2. The zero-order valence-corrected chi connectivity index (χ0v) is 13.5. The second-order valence-corrected chi connectivity index (χ2v) is 6.26. The van der Waals surface area contributed by atoms with Crippen LogP contribution >= 0.6 is 0 Å². The summed E-state index contributed by atoms with van der Waals surface area (Å²) in [6.45, 7) is 0.921. The third-order valence-electron chi connectivity index (χ3n) is 4.46. The lowest BCUT2D eigenvalue weighted by atomic mass is 10.1. The molecular weight excluding hydrogens is 353 g/mol. The fourth-order valence-electron chi connectivity index (χ4n) is 3.01. The van der Waals surface area contributed by atoms with Gasteiger partial charge in [-0.25, -0.2) is 18.6 Å². The van der Waals surface area contributed by atoms with Gasteiger partial charge < -0.3 is 9.88 Å². The zero-order valence-electron chi connectivity index (χ0n) is 13.5. The first kappa shape index (κ1) is 16.4. The minimum Gasteiger partial charge on any atom is -0.362 e. The molecule has 0 bridgehead atoms. The van der Waals surface area contributed by atoms with Gasteiger partial charge in [0.1, 0.15) is 5.69 Å². The Labute approximate surface area is 143 Å². The van der Waals surface area contributed by atoms with Crippen molar-refractivity contribution in [2.24, 2.45) is 5.92 Å². The molecule has 0 spiro atoms. The Hall–Kier alpha value is -3.11. The lowest BCUT2D eigenvalue weighted by Crippen LogP contribution is -2.27. The molecule has 0 aromatic carbocycles. The number of H-pyrrole nitrogens is 2. The van der Waals surface area contributed by atoms with Crippen LogP contribution in [0.4, 0.5) is 18.9 Å². The number of anilines is 1. The van der Waals surface area contributed by atoms with Gasteiger partial charge >= 0.3 is 5.69 Å². The minimum absolute atomic E-state index is 0.0183. The molecule has 11 heteroatoms. The molecule has 2 N–H and O–H groups in total. The summed E-state index contributed by atoms with van der Waals surface area (Å²) in [5.41, 5.74) is -1.15. The Kier molecular flexibility index (Phi) is 3.43. The van der Waals surface area contributed by atoms with Crippen LogP contribution in [0.5, 0.6) is 0 Å². The summed E-state index contributed by atoms with van der Waals surface area (Å²) in [6.07, 6.45) is 2.06. The van der Waals surface area contributed by atoms with Crippen LogP contribution in [0.2, 0.25) is 0 Å². The molecule has 0 amide bonds. The molecule has 0 saturated carbocycles. The Balaban J connectivity index is 1.93. The van der Waals surface area contributed by atoms with Gasteiger partial charge in [0.05, 0.1) is 24.0 Å². The summed E-state index contributed by atoms with van der Waals surface area (Å²) in [5.74, 6) is -4.60. The molecule has 0 unspecified atom stereocenters. The van der Waals surface area contributed by atoms with Crippen LogP contribution in [0.15, 0.2) is 28.0 Å². The Bertz CT molecular complexity index is 1120. The first-order valence-electron chi connectivity index (χ1n) is 7.76. The third kappa shape index (κ3) is 2.47. The number of aromatic nitrogens is 5. The second kappa shape index (κ2) is 5.44. The number of alkyl halides is 2. The van der Waals surface area contributed by atoms with Gasteiger partial charge in [0.25, 0.3) is 11.5 Å². The summed E-state index contributed by atoms with van der Waals surface area (Å²) in [5, 5.41) is 4.01. The van der Waals surface area contributed by atoms with Crippen molar-refractivity contribution in [1.82, 2.24) is 24.6 Å². The standard InChI is InChI=1S/C15H13F3N6O2/c1-7-5-23(6-15(7,17)18)10-2-9(8-3-20-14(26)21-13(8)25)22-24-11(16)4-19-12(10)24/h2-4,7H,5-6H2,1H3,(H2,20,21,25,26)/t7-/m1/s1. The van der Waals surface area contributed by atoms with Gasteiger partial charge in [0, 0.05) is 18.7 Å². The third-order valence-corrected chi connectivity index (χ3v) is 4.46. The fraction of sp³-hybridized carbons (Fsp3) is 0.333. The van der Waals surface area contributed by atoms with Crippen molar-refractivity contribution in [3.63, 3.8) is 0 Å². The average Bonchev–Trinajstić information content (AvgIpc) is 3.07. The predicted octanol–water partition coefficient (Wildman–Crippen LogP) is 1.00. The number of hydrogen-bond donors (Lipinski definition) is 2. The summed E-state index contributed by atoms with van der Waals surface area (Å²) >= 11 is 0. The van der Waals surface area contributed by atoms with Crippen LogP contribution in [0.3, 0.4) is 0 Å². The highest BCUT2D eigenvalue weighted by Crippen LogP contribution is 2.37. The summed E-state index contributed by atoms with van der Waals surface area (Å²) in [6, 6.07) is 1.39. The van der Waals surface area contributed by atoms with E-state index in [4.69, 9.17) is 0 Å². The van der Waals surface area contributed by atoms with Crippen molar-refractivity contribution in [1.29, 1.82) is 0 Å². The van der Waals surface area contributed by atoms with Crippen molar-refractivity contribution in [3.05, 3.63) is 45.2 Å². The Morgan fingerprint density at radius 1 is 1.35 bits per heavy atom. The van der Waals surface area contributed by atoms with E-state index >= 15 is 0 Å². The number of nitrogens with zero attached hydrogens (tertiary/aromatic N) is 4. The molecule has 26 heavy (non-hydrogen) atoms. The predicted molar refractivity (Wildman–Crippen MR) is 85.9 cm³/mol. The molecule has 1 aliphatic rings. The molecule has 136 valence electrons. The molecule has 0 radical (unpaired) electrons. The van der Waals surface area contributed by atoms with Crippen molar-refractivity contribution in [3.8, 4) is 11.3 Å². The van der Waals surface area contributed by atoms with Gasteiger partial charge in [-0.15, -0.1) is 0 Å². The van der Waals surface area contributed by atoms with Crippen molar-refractivity contribution < 1.29 is 13.2 Å². The Morgan fingerprint density at radius 2 is 2.12 bits per heavy atom. The largest absolute Gasteiger partial charge is 0.362 e. The van der Waals surface area contributed by atoms with Crippen LogP contribution in [0.1, 0.15) is 6.92 Å². The fourth-order valence-corrected chi connectivity index (χ4v) is 3.01. The van der Waals surface area contributed by atoms with E-state index in [0.717, 1.165) is 16.9 Å². The van der Waals surface area contributed by atoms with Crippen LogP contribution in [-0.2, 0) is 0 Å². The number of hydrogen-bond acceptors (Lipinski definition) is 5. The van der Waals surface area contributed by atoms with Crippen molar-refractivity contribution in [2.75, 3.05) is 18.0 Å². The SMILES string of the molecule is C[C@@H]1CN(c2cc(-c3c[nH]c(=O)[nH]c3=O)nn3c(F)cnc23)CC1(F)F. The van der Waals surface area contributed by atoms with Crippen LogP contribution in [0.25, 0.3) is 16.9 Å². The van der Waals surface area contributed by atoms with E-state index in [2.05, 4.69) is 15.1 Å². The van der Waals surface area contributed by atoms with Crippen molar-refractivity contribution in [2.45, 2.75) is 12.8 Å². The first-order chi connectivity index (χ1) is 12.3. The molecule has 3 aromatic rings. The molecule has 1 saturated heterocycles. The van der Waals surface area contributed by atoms with Gasteiger partial charge in [-0.1, -0.05) is 6.92 Å². The van der Waals surface area contributed by atoms with Crippen molar-refractivity contribution >= 4 is 11.3 Å². The van der Waals surface area contributed by atoms with Gasteiger partial charge in [-0.2, -0.15) is 14.0 Å². The number of imidazole rings is 1. The second-order valence-electron chi connectivity index (χ2n) is 6.26. The van der Waals surface area contributed by atoms with Crippen LogP contribution in [-0.4, -0.2) is 43.6 Å². The smallest absolute Gasteiger partial charge is 0.325 e. The number of nitrogens with one attached hydrogen (secondary N) is 2. The van der Waals surface area contributed by atoms with Gasteiger partial charge in [0.2, 0.25) is 5.95 Å². The zero-order chi connectivity index (χ0) is 18.6. The number of rotatable bonds is 2. The maximum absolute atomic E-state index is 14.0. The molecular formula is C15H13F3N6O2. The molecule has 1 fully saturated rings. The molecule has 1 aliphatic heterocycles. The molecule has 0 aliphatic carbocycles. The Morgan fingerprint density at radius 3 is 2.77 bits per heavy atom. The quantitative estimate of drug-likeness (QED) is 0.705. The average molecular weight is 366 g/mol. The van der Waals surface area contributed by atoms with Gasteiger partial charge in [0.15, 0.2) is 5.65 Å². The molecule has 4 rings (SSSR count). The van der Waals surface area contributed by atoms with E-state index in [1.165, 1.54) is 17.9 Å². The van der Waals surface area contributed by atoms with E-state index in [0.29, 0.717) is 0 Å². The van der Waals surface area contributed by atoms with E-state index in [1.54, 1.807) is 0 Å². The van der Waals surface area contributed by atoms with E-state index in [9.17, 15) is 22.8 Å². The van der Waals surface area contributed by atoms with Gasteiger partial charge in [-0.05, 0) is 6.07 Å². The normalized spacial score (nSPS) is 19.4. The lowest BCUT2D eigenvalue weighted by molar-refractivity contribution is -0.0137. The highest BCUT2D eigenvalue weighted by Gasteiger charge is 2.46. The van der Waals surface area contributed by atoms with E-state index in [-0.39, 0.29) is 29.1 Å². The van der Waals surface area contributed by atoms with E-state index < -0.39 is 35.6 Å². The van der Waals surface area contributed by atoms with Crippen LogP contribution < -0.4 is 16.1 Å². The van der Waals surface area contributed by atoms with E-state index in [1.807, 2.05) is 4.98 Å². The minimum atomic E-state index is -2.90. The monoisotopic (exact) mass is 366 g/mol. The highest BCUT2D eigenvalue weighted by molar-refractivity contribution is 5.74. The number of halogens is 3. The summed E-state index contributed by atoms with van der Waals surface area (Å²) < 4.78 is 42.8. The maximum atomic E-state index is 14.0. The molecule has 8 nitrogen and oxygen atoms in total. The lowest BCUT2D eigenvalue weighted by Gasteiger charge is -2.19. The van der Waals surface area contributed by atoms with Gasteiger partial charge in [-0.3, -0.25) is 9.78 Å². The number of fused-ring (bicyclic) bond motifs is 1. The maximum Gasteiger partial charge on any atom is 0.325 e. The molecule has 1 atom stereocenters. The first-order valence-corrected chi connectivity index (χ1v) is 7.76.